The average molecular weight is 543 g/mol. The van der Waals surface area contributed by atoms with E-state index in [9.17, 15) is 35.9 Å². The van der Waals surface area contributed by atoms with Gasteiger partial charge in [0.05, 0.1) is 23.8 Å². The highest BCUT2D eigenvalue weighted by Crippen LogP contribution is 2.39. The number of alkyl halides is 6. The number of hydrogen-bond donors (Lipinski definition) is 2. The lowest BCUT2D eigenvalue weighted by Crippen LogP contribution is -2.42. The molecule has 2 N–H and O–H groups in total. The van der Waals surface area contributed by atoms with E-state index in [0.717, 1.165) is 11.6 Å². The van der Waals surface area contributed by atoms with Gasteiger partial charge in [0.1, 0.15) is 11.6 Å². The number of benzene rings is 2. The largest absolute Gasteiger partial charge is 0.433 e. The summed E-state index contributed by atoms with van der Waals surface area (Å²) in [6, 6.07) is 10.6. The zero-order chi connectivity index (χ0) is 27.7. The predicted molar refractivity (Wildman–Crippen MR) is 120 cm³/mol. The zero-order valence-corrected chi connectivity index (χ0v) is 19.4. The van der Waals surface area contributed by atoms with Gasteiger partial charge in [0, 0.05) is 24.1 Å². The van der Waals surface area contributed by atoms with Gasteiger partial charge >= 0.3 is 12.4 Å². The van der Waals surface area contributed by atoms with Gasteiger partial charge in [-0.2, -0.15) is 26.3 Å². The van der Waals surface area contributed by atoms with Crippen molar-refractivity contribution in [2.45, 2.75) is 44.4 Å². The Morgan fingerprint density at radius 2 is 1.71 bits per heavy atom. The molecule has 1 aliphatic carbocycles. The third-order valence-electron chi connectivity index (χ3n) is 6.04. The number of ether oxygens (including phenoxy) is 1. The first-order chi connectivity index (χ1) is 17.8. The van der Waals surface area contributed by atoms with E-state index in [-0.39, 0.29) is 12.2 Å². The van der Waals surface area contributed by atoms with Crippen LogP contribution in [0.1, 0.15) is 35.2 Å². The highest BCUT2D eigenvalue weighted by atomic mass is 19.4. The number of hydrogen-bond acceptors (Lipinski definition) is 4. The van der Waals surface area contributed by atoms with Crippen molar-refractivity contribution in [2.75, 3.05) is 0 Å². The highest BCUT2D eigenvalue weighted by Gasteiger charge is 2.39. The van der Waals surface area contributed by atoms with Gasteiger partial charge in [-0.15, -0.1) is 0 Å². The highest BCUT2D eigenvalue weighted by molar-refractivity contribution is 5.79. The second-order valence-corrected chi connectivity index (χ2v) is 8.74. The Hall–Kier alpha value is -3.74. The van der Waals surface area contributed by atoms with Crippen molar-refractivity contribution >= 4 is 5.91 Å². The van der Waals surface area contributed by atoms with Crippen molar-refractivity contribution < 1.29 is 40.3 Å². The minimum atomic E-state index is -5.18. The van der Waals surface area contributed by atoms with Crippen LogP contribution in [0.4, 0.5) is 30.7 Å². The first-order valence-corrected chi connectivity index (χ1v) is 11.3. The van der Waals surface area contributed by atoms with Gasteiger partial charge < -0.3 is 15.0 Å². The molecular formula is C25H20F7N3O3. The molecule has 4 rings (SSSR count). The fraction of sp³-hybridized carbons (Fsp3) is 0.320. The Balaban J connectivity index is 1.48. The van der Waals surface area contributed by atoms with Crippen LogP contribution in [0.15, 0.2) is 53.3 Å². The molecule has 1 amide bonds. The molecule has 1 heterocycles. The topological polar surface area (TPSA) is 84.1 Å². The van der Waals surface area contributed by atoms with Gasteiger partial charge in [0.25, 0.3) is 5.56 Å². The van der Waals surface area contributed by atoms with E-state index in [1.54, 1.807) is 4.98 Å². The number of aromatic nitrogens is 2. The van der Waals surface area contributed by atoms with Crippen LogP contribution in [0.2, 0.25) is 0 Å². The molecule has 38 heavy (non-hydrogen) atoms. The number of rotatable bonds is 7. The summed E-state index contributed by atoms with van der Waals surface area (Å²) in [7, 11) is 0. The van der Waals surface area contributed by atoms with Gasteiger partial charge in [-0.05, 0) is 24.5 Å². The fourth-order valence-corrected chi connectivity index (χ4v) is 3.98. The van der Waals surface area contributed by atoms with Crippen molar-refractivity contribution in [1.29, 1.82) is 0 Å². The summed E-state index contributed by atoms with van der Waals surface area (Å²) in [5, 5.41) is 2.43. The maximum Gasteiger partial charge on any atom is 0.433 e. The molecule has 6 nitrogen and oxygen atoms in total. The lowest BCUT2D eigenvalue weighted by molar-refractivity contribution is -0.141. The zero-order valence-electron chi connectivity index (χ0n) is 19.4. The molecule has 1 fully saturated rings. The lowest BCUT2D eigenvalue weighted by atomic mass is 9.81. The normalized spacial score (nSPS) is 17.7. The first-order valence-electron chi connectivity index (χ1n) is 11.3. The molecule has 0 bridgehead atoms. The second kappa shape index (κ2) is 10.6. The van der Waals surface area contributed by atoms with Gasteiger partial charge in [-0.1, -0.05) is 36.4 Å². The number of aromatic amines is 1. The lowest BCUT2D eigenvalue weighted by Gasteiger charge is -2.34. The molecule has 1 aliphatic rings. The van der Waals surface area contributed by atoms with Crippen molar-refractivity contribution in [1.82, 2.24) is 15.3 Å². The number of carbonyl (C=O) groups is 1. The Labute approximate surface area is 210 Å². The summed E-state index contributed by atoms with van der Waals surface area (Å²) in [5.41, 5.74) is -5.65. The van der Waals surface area contributed by atoms with Crippen molar-refractivity contribution in [3.63, 3.8) is 0 Å². The van der Waals surface area contributed by atoms with Crippen molar-refractivity contribution in [3.8, 4) is 11.4 Å². The van der Waals surface area contributed by atoms with Crippen LogP contribution in [-0.2, 0) is 35.0 Å². The molecule has 1 aromatic heterocycles. The van der Waals surface area contributed by atoms with Gasteiger partial charge in [-0.3, -0.25) is 9.59 Å². The number of nitrogens with one attached hydrogen (secondary N) is 2. The van der Waals surface area contributed by atoms with Crippen LogP contribution in [0, 0.1) is 11.7 Å². The maximum absolute atomic E-state index is 15.3. The third kappa shape index (κ3) is 6.21. The van der Waals surface area contributed by atoms with Gasteiger partial charge in [0.2, 0.25) is 5.91 Å². The quantitative estimate of drug-likeness (QED) is 0.400. The van der Waals surface area contributed by atoms with E-state index >= 15 is 4.39 Å². The maximum atomic E-state index is 15.3. The van der Waals surface area contributed by atoms with Crippen LogP contribution in [0.5, 0.6) is 0 Å². The number of nitrogens with zero attached hydrogens (tertiary/aromatic N) is 1. The van der Waals surface area contributed by atoms with E-state index in [1.807, 2.05) is 30.3 Å². The number of halogens is 7. The number of H-pyrrole nitrogens is 1. The Kier molecular flexibility index (Phi) is 7.58. The van der Waals surface area contributed by atoms with E-state index < -0.39 is 70.3 Å². The van der Waals surface area contributed by atoms with Gasteiger partial charge in [0.15, 0.2) is 5.69 Å². The minimum absolute atomic E-state index is 0.0498. The van der Waals surface area contributed by atoms with E-state index in [2.05, 4.69) is 10.3 Å². The Morgan fingerprint density at radius 3 is 2.34 bits per heavy atom. The van der Waals surface area contributed by atoms with Crippen LogP contribution in [0.25, 0.3) is 11.4 Å². The van der Waals surface area contributed by atoms with E-state index in [4.69, 9.17) is 4.74 Å². The van der Waals surface area contributed by atoms with Crippen molar-refractivity contribution in [2.24, 2.45) is 5.92 Å². The Morgan fingerprint density at radius 1 is 1.03 bits per heavy atom. The number of amides is 1. The molecule has 202 valence electrons. The second-order valence-electron chi connectivity index (χ2n) is 8.74. The molecule has 0 spiro atoms. The van der Waals surface area contributed by atoms with Crippen LogP contribution in [-0.4, -0.2) is 22.0 Å². The summed E-state index contributed by atoms with van der Waals surface area (Å²) in [6.45, 7) is -0.171. The average Bonchev–Trinajstić information content (AvgIpc) is 2.81. The van der Waals surface area contributed by atoms with E-state index in [1.165, 1.54) is 0 Å². The summed E-state index contributed by atoms with van der Waals surface area (Å²) in [4.78, 5) is 28.9. The minimum Gasteiger partial charge on any atom is -0.373 e. The van der Waals surface area contributed by atoms with Crippen LogP contribution < -0.4 is 10.9 Å². The van der Waals surface area contributed by atoms with Crippen LogP contribution >= 0.6 is 0 Å². The monoisotopic (exact) mass is 543 g/mol. The molecule has 0 radical (unpaired) electrons. The summed E-state index contributed by atoms with van der Waals surface area (Å²) < 4.78 is 101. The SMILES string of the molecule is O=C(NCc1ccc(C(F)(F)F)c(-c2nc(C(F)(F)F)cc(=O)[nH]2)c1F)C1CC(OCc2ccccc2)C1. The standard InChI is InChI=1S/C25H20F7N3O3/c26-21-14(11-33-23(37)15-8-16(9-15)38-12-13-4-2-1-3-5-13)6-7-17(24(27,28)29)20(21)22-34-18(25(30,31)32)10-19(36)35-22/h1-7,10,15-16H,8-9,11-12H2,(H,33,37)(H,34,35,36). The first kappa shape index (κ1) is 27.3. The summed E-state index contributed by atoms with van der Waals surface area (Å²) in [5.74, 6) is -3.73. The van der Waals surface area contributed by atoms with Crippen LogP contribution in [0.3, 0.4) is 0 Å². The summed E-state index contributed by atoms with van der Waals surface area (Å²) in [6.07, 6.45) is -9.70. The third-order valence-corrected chi connectivity index (χ3v) is 6.04. The molecule has 3 aromatic rings. The molecular weight excluding hydrogens is 523 g/mol. The van der Waals surface area contributed by atoms with E-state index in [0.29, 0.717) is 25.5 Å². The molecule has 0 aliphatic heterocycles. The predicted octanol–water partition coefficient (Wildman–Crippen LogP) is 5.23. The Bertz CT molecular complexity index is 1370. The smallest absolute Gasteiger partial charge is 0.373 e. The summed E-state index contributed by atoms with van der Waals surface area (Å²) >= 11 is 0. The molecule has 1 saturated carbocycles. The van der Waals surface area contributed by atoms with Gasteiger partial charge in [-0.25, -0.2) is 9.37 Å². The molecule has 0 atom stereocenters. The molecule has 2 aromatic carbocycles. The van der Waals surface area contributed by atoms with Crippen molar-refractivity contribution in [3.05, 3.63) is 87.1 Å². The fourth-order valence-electron chi connectivity index (χ4n) is 3.98. The number of carbonyl (C=O) groups excluding carboxylic acids is 1. The molecule has 13 heteroatoms. The molecule has 0 saturated heterocycles. The molecule has 0 unspecified atom stereocenters.